The van der Waals surface area contributed by atoms with Crippen molar-refractivity contribution in [2.75, 3.05) is 10.2 Å². The van der Waals surface area contributed by atoms with Crippen LogP contribution in [0, 0.1) is 22.6 Å². The summed E-state index contributed by atoms with van der Waals surface area (Å²) in [6.07, 6.45) is 0.571. The molecule has 3 heterocycles. The molecule has 180 valence electrons. The van der Waals surface area contributed by atoms with Crippen molar-refractivity contribution in [3.8, 4) is 6.07 Å². The van der Waals surface area contributed by atoms with Crippen molar-refractivity contribution in [1.82, 2.24) is 10.2 Å². The van der Waals surface area contributed by atoms with Crippen molar-refractivity contribution in [2.24, 2.45) is 11.1 Å². The van der Waals surface area contributed by atoms with Crippen LogP contribution in [0.25, 0.3) is 0 Å². The highest BCUT2D eigenvalue weighted by Gasteiger charge is 2.61. The van der Waals surface area contributed by atoms with Crippen molar-refractivity contribution in [2.45, 2.75) is 55.5 Å². The molecule has 11 heteroatoms. The highest BCUT2D eigenvalue weighted by atomic mass is 32.2. The third-order valence-corrected chi connectivity index (χ3v) is 8.38. The Kier molecular flexibility index (Phi) is 5.30. The predicted octanol–water partition coefficient (Wildman–Crippen LogP) is 4.22. The first-order valence-corrected chi connectivity index (χ1v) is 12.8. The summed E-state index contributed by atoms with van der Waals surface area (Å²) >= 11 is 2.84. The van der Waals surface area contributed by atoms with Gasteiger partial charge in [0, 0.05) is 34.2 Å². The second-order valence-electron chi connectivity index (χ2n) is 9.88. The van der Waals surface area contributed by atoms with E-state index in [1.807, 2.05) is 27.7 Å². The Morgan fingerprint density at radius 3 is 2.71 bits per heavy atom. The number of carbonyl (C=O) groups is 2. The van der Waals surface area contributed by atoms with Crippen molar-refractivity contribution in [1.29, 1.82) is 5.26 Å². The lowest BCUT2D eigenvalue weighted by Gasteiger charge is -2.45. The molecule has 1 aromatic carbocycles. The number of thioether (sulfide) groups is 1. The molecule has 0 saturated heterocycles. The molecule has 0 radical (unpaired) electrons. The number of hydrogen-bond acceptors (Lipinski definition) is 9. The van der Waals surface area contributed by atoms with Gasteiger partial charge in [-0.3, -0.25) is 14.5 Å². The first-order valence-electron chi connectivity index (χ1n) is 11.1. The molecule has 0 saturated carbocycles. The molecule has 0 bridgehead atoms. The van der Waals surface area contributed by atoms with E-state index < -0.39 is 22.6 Å². The molecular weight excluding hydrogens is 487 g/mol. The lowest BCUT2D eigenvalue weighted by Crippen LogP contribution is -2.52. The summed E-state index contributed by atoms with van der Waals surface area (Å²) in [6.45, 7) is 8.00. The van der Waals surface area contributed by atoms with Crippen LogP contribution in [0.3, 0.4) is 0 Å². The van der Waals surface area contributed by atoms with E-state index in [2.05, 4.69) is 21.6 Å². The third-order valence-electron chi connectivity index (χ3n) is 6.38. The zero-order valence-electron chi connectivity index (χ0n) is 19.6. The van der Waals surface area contributed by atoms with Gasteiger partial charge in [-0.25, -0.2) is 4.39 Å². The first kappa shape index (κ1) is 23.5. The molecule has 3 N–H and O–H groups in total. The van der Waals surface area contributed by atoms with Gasteiger partial charge in [0.15, 0.2) is 10.1 Å². The standard InChI is InChI=1S/C24H23FN6O2S2/c1-11(2)34-22-30-29-21(35-22)31-16-8-23(3,4)9-17(32)18(16)24(14(10-26)19(31)27)13-7-12(25)5-6-15(13)28-20(24)33/h5-7,11H,8-9,27H2,1-4H3,(H,28,33)/t24-/m1/s1. The Morgan fingerprint density at radius 1 is 1.29 bits per heavy atom. The number of Topliss-reactive ketones (excluding diaryl/α,β-unsaturated/α-hetero) is 1. The number of nitrogens with zero attached hydrogens (tertiary/aromatic N) is 4. The maximum atomic E-state index is 14.4. The Hall–Kier alpha value is -3.23. The number of hydrogen-bond donors (Lipinski definition) is 2. The number of carbonyl (C=O) groups excluding carboxylic acids is 2. The van der Waals surface area contributed by atoms with Gasteiger partial charge in [-0.1, -0.05) is 50.8 Å². The second kappa shape index (κ2) is 7.90. The summed E-state index contributed by atoms with van der Waals surface area (Å²) in [5.74, 6) is -1.47. The summed E-state index contributed by atoms with van der Waals surface area (Å²) < 4.78 is 15.2. The van der Waals surface area contributed by atoms with Gasteiger partial charge in [0.1, 0.15) is 23.1 Å². The molecule has 8 nitrogen and oxygen atoms in total. The van der Waals surface area contributed by atoms with Gasteiger partial charge in [-0.05, 0) is 30.0 Å². The van der Waals surface area contributed by atoms with Crippen LogP contribution in [-0.4, -0.2) is 27.1 Å². The summed E-state index contributed by atoms with van der Waals surface area (Å²) in [6, 6.07) is 5.95. The number of allylic oxidation sites excluding steroid dienone is 1. The fraction of sp³-hybridized carbons (Fsp3) is 0.375. The first-order chi connectivity index (χ1) is 16.5. The minimum absolute atomic E-state index is 0.0127. The average Bonchev–Trinajstić information content (AvgIpc) is 3.30. The number of nitrogens with two attached hydrogens (primary N) is 1. The normalized spacial score (nSPS) is 23.1. The summed E-state index contributed by atoms with van der Waals surface area (Å²) in [7, 11) is 0. The van der Waals surface area contributed by atoms with Crippen LogP contribution < -0.4 is 16.0 Å². The van der Waals surface area contributed by atoms with E-state index in [9.17, 15) is 19.2 Å². The van der Waals surface area contributed by atoms with E-state index in [1.165, 1.54) is 41.3 Å². The number of ketones is 1. The minimum Gasteiger partial charge on any atom is -0.384 e. The number of amides is 1. The van der Waals surface area contributed by atoms with Crippen LogP contribution in [0.4, 0.5) is 15.2 Å². The van der Waals surface area contributed by atoms with E-state index in [1.54, 1.807) is 4.90 Å². The predicted molar refractivity (Wildman–Crippen MR) is 132 cm³/mol. The molecule has 35 heavy (non-hydrogen) atoms. The van der Waals surface area contributed by atoms with E-state index in [4.69, 9.17) is 5.73 Å². The number of anilines is 2. The highest BCUT2D eigenvalue weighted by molar-refractivity contribution is 8.01. The van der Waals surface area contributed by atoms with Gasteiger partial charge in [0.05, 0.1) is 5.57 Å². The lowest BCUT2D eigenvalue weighted by atomic mass is 9.61. The van der Waals surface area contributed by atoms with E-state index in [0.29, 0.717) is 22.9 Å². The summed E-state index contributed by atoms with van der Waals surface area (Å²) in [4.78, 5) is 29.0. The van der Waals surface area contributed by atoms with Crippen LogP contribution in [0.5, 0.6) is 0 Å². The zero-order chi connectivity index (χ0) is 25.3. The number of rotatable bonds is 3. The quantitative estimate of drug-likeness (QED) is 0.588. The number of benzene rings is 1. The molecule has 5 rings (SSSR count). The van der Waals surface area contributed by atoms with Crippen molar-refractivity contribution >= 4 is 45.6 Å². The monoisotopic (exact) mass is 510 g/mol. The fourth-order valence-corrected chi connectivity index (χ4v) is 7.26. The largest absolute Gasteiger partial charge is 0.384 e. The minimum atomic E-state index is -1.82. The molecule has 1 aliphatic carbocycles. The number of nitrogens with one attached hydrogen (secondary N) is 1. The molecule has 2 aromatic rings. The maximum absolute atomic E-state index is 14.4. The zero-order valence-corrected chi connectivity index (χ0v) is 21.2. The highest BCUT2D eigenvalue weighted by Crippen LogP contribution is 2.57. The molecule has 1 amide bonds. The fourth-order valence-electron chi connectivity index (χ4n) is 5.15. The van der Waals surface area contributed by atoms with Crippen LogP contribution in [-0.2, 0) is 15.0 Å². The Bertz CT molecular complexity index is 1400. The molecule has 2 aliphatic heterocycles. The van der Waals surface area contributed by atoms with Gasteiger partial charge in [-0.2, -0.15) is 5.26 Å². The Morgan fingerprint density at radius 2 is 2.03 bits per heavy atom. The summed E-state index contributed by atoms with van der Waals surface area (Å²) in [5.41, 5.74) is 5.46. The molecule has 1 aromatic heterocycles. The van der Waals surface area contributed by atoms with Gasteiger partial charge in [-0.15, -0.1) is 10.2 Å². The van der Waals surface area contributed by atoms with Crippen molar-refractivity contribution < 1.29 is 14.0 Å². The van der Waals surface area contributed by atoms with E-state index in [-0.39, 0.29) is 40.0 Å². The Balaban J connectivity index is 1.83. The van der Waals surface area contributed by atoms with Crippen molar-refractivity contribution in [3.05, 3.63) is 52.2 Å². The number of halogens is 1. The van der Waals surface area contributed by atoms with Gasteiger partial charge in [0.2, 0.25) is 11.0 Å². The number of fused-ring (bicyclic) bond motifs is 3. The van der Waals surface area contributed by atoms with Gasteiger partial charge < -0.3 is 11.1 Å². The number of nitriles is 1. The Labute approximate surface area is 210 Å². The number of aromatic nitrogens is 2. The maximum Gasteiger partial charge on any atom is 0.245 e. The van der Waals surface area contributed by atoms with E-state index >= 15 is 0 Å². The molecule has 1 atom stereocenters. The molecular formula is C24H23FN6O2S2. The van der Waals surface area contributed by atoms with Crippen molar-refractivity contribution in [3.63, 3.8) is 0 Å². The van der Waals surface area contributed by atoms with Crippen LogP contribution in [0.2, 0.25) is 0 Å². The van der Waals surface area contributed by atoms with Gasteiger partial charge >= 0.3 is 0 Å². The van der Waals surface area contributed by atoms with Gasteiger partial charge in [0.25, 0.3) is 0 Å². The molecule has 0 unspecified atom stereocenters. The van der Waals surface area contributed by atoms with Crippen LogP contribution in [0.1, 0.15) is 46.1 Å². The second-order valence-corrected chi connectivity index (χ2v) is 12.7. The third kappa shape index (κ3) is 3.38. The average molecular weight is 511 g/mol. The van der Waals surface area contributed by atoms with E-state index in [0.717, 1.165) is 4.34 Å². The molecule has 0 fully saturated rings. The SMILES string of the molecule is CC(C)Sc1nnc(N2C(N)=C(C#N)[C@@]3(C(=O)Nc4ccc(F)cc43)C3=C2CC(C)(C)CC3=O)s1. The van der Waals surface area contributed by atoms with Crippen LogP contribution >= 0.6 is 23.1 Å². The summed E-state index contributed by atoms with van der Waals surface area (Å²) in [5, 5.41) is 22.3. The van der Waals surface area contributed by atoms with Crippen LogP contribution in [0.15, 0.2) is 45.2 Å². The molecule has 1 spiro atoms. The lowest BCUT2D eigenvalue weighted by molar-refractivity contribution is -0.123. The topological polar surface area (TPSA) is 125 Å². The smallest absolute Gasteiger partial charge is 0.245 e. The molecule has 3 aliphatic rings.